The molecule has 126 valence electrons. The number of benzene rings is 1. The Balaban J connectivity index is 1.42. The van der Waals surface area contributed by atoms with Gasteiger partial charge in [0.05, 0.1) is 0 Å². The summed E-state index contributed by atoms with van der Waals surface area (Å²) in [5.41, 5.74) is 0.744. The van der Waals surface area contributed by atoms with Crippen LogP contribution in [-0.2, 0) is 17.6 Å². The van der Waals surface area contributed by atoms with E-state index < -0.39 is 0 Å². The average molecular weight is 328 g/mol. The summed E-state index contributed by atoms with van der Waals surface area (Å²) in [5.74, 6) is 1.21. The van der Waals surface area contributed by atoms with Crippen molar-refractivity contribution in [1.29, 1.82) is 0 Å². The maximum Gasteiger partial charge on any atom is 0.247 e. The molecular weight excluding hydrogens is 307 g/mol. The van der Waals surface area contributed by atoms with Gasteiger partial charge in [0.25, 0.3) is 0 Å². The van der Waals surface area contributed by atoms with Crippen molar-refractivity contribution in [2.75, 3.05) is 13.1 Å². The lowest BCUT2D eigenvalue weighted by atomic mass is 9.98. The number of fused-ring (bicyclic) bond motifs is 1. The summed E-state index contributed by atoms with van der Waals surface area (Å²) >= 11 is 0. The predicted octanol–water partition coefficient (Wildman–Crippen LogP) is 2.39. The third-order valence-electron chi connectivity index (χ3n) is 5.17. The van der Waals surface area contributed by atoms with Gasteiger partial charge < -0.3 is 4.90 Å². The summed E-state index contributed by atoms with van der Waals surface area (Å²) in [5, 5.41) is 4.24. The second kappa shape index (κ2) is 6.34. The van der Waals surface area contributed by atoms with Crippen molar-refractivity contribution in [3.8, 4) is 0 Å². The van der Waals surface area contributed by atoms with Crippen LogP contribution in [0.15, 0.2) is 30.6 Å². The fourth-order valence-corrected chi connectivity index (χ4v) is 3.90. The molecule has 3 heterocycles. The van der Waals surface area contributed by atoms with E-state index in [0.717, 1.165) is 43.6 Å². The molecule has 1 aromatic heterocycles. The summed E-state index contributed by atoms with van der Waals surface area (Å²) in [6.07, 6.45) is 5.84. The number of amides is 1. The van der Waals surface area contributed by atoms with E-state index in [-0.39, 0.29) is 17.8 Å². The molecule has 5 nitrogen and oxygen atoms in total. The summed E-state index contributed by atoms with van der Waals surface area (Å²) in [6, 6.07) is 6.69. The van der Waals surface area contributed by atoms with Crippen LogP contribution in [0.1, 0.15) is 36.7 Å². The van der Waals surface area contributed by atoms with Crippen molar-refractivity contribution < 1.29 is 9.18 Å². The van der Waals surface area contributed by atoms with Crippen LogP contribution in [0.25, 0.3) is 0 Å². The number of halogens is 1. The summed E-state index contributed by atoms with van der Waals surface area (Å²) < 4.78 is 15.6. The number of hydrogen-bond acceptors (Lipinski definition) is 3. The standard InChI is InChI=1S/C18H21FN4O/c19-15-5-2-1-4-14(15)10-13-8-9-22(11-13)18(24)16-6-3-7-17-20-12-21-23(16)17/h1-2,4-5,12-13,16H,3,6-11H2. The number of likely N-dealkylation sites (tertiary alicyclic amines) is 1. The van der Waals surface area contributed by atoms with E-state index >= 15 is 0 Å². The van der Waals surface area contributed by atoms with Gasteiger partial charge >= 0.3 is 0 Å². The molecule has 0 N–H and O–H groups in total. The Morgan fingerprint density at radius 3 is 3.04 bits per heavy atom. The number of carbonyl (C=O) groups excluding carboxylic acids is 1. The molecule has 1 amide bonds. The van der Waals surface area contributed by atoms with Crippen molar-refractivity contribution in [2.24, 2.45) is 5.92 Å². The Morgan fingerprint density at radius 1 is 1.29 bits per heavy atom. The Hall–Kier alpha value is -2.24. The minimum Gasteiger partial charge on any atom is -0.341 e. The van der Waals surface area contributed by atoms with Gasteiger partial charge in [0.2, 0.25) is 5.91 Å². The molecule has 2 atom stereocenters. The van der Waals surface area contributed by atoms with Crippen molar-refractivity contribution in [2.45, 2.75) is 38.1 Å². The highest BCUT2D eigenvalue weighted by Crippen LogP contribution is 2.28. The zero-order valence-electron chi connectivity index (χ0n) is 13.6. The minimum absolute atomic E-state index is 0.137. The first-order valence-corrected chi connectivity index (χ1v) is 8.63. The van der Waals surface area contributed by atoms with Crippen molar-refractivity contribution in [3.05, 3.63) is 47.8 Å². The molecule has 0 radical (unpaired) electrons. The van der Waals surface area contributed by atoms with Gasteiger partial charge in [-0.05, 0) is 43.2 Å². The van der Waals surface area contributed by atoms with E-state index in [1.165, 1.54) is 12.4 Å². The van der Waals surface area contributed by atoms with Crippen LogP contribution in [-0.4, -0.2) is 38.7 Å². The molecular formula is C18H21FN4O. The summed E-state index contributed by atoms with van der Waals surface area (Å²) in [6.45, 7) is 1.45. The first-order chi connectivity index (χ1) is 11.7. The largest absolute Gasteiger partial charge is 0.341 e. The lowest BCUT2D eigenvalue weighted by Crippen LogP contribution is -2.38. The second-order valence-corrected chi connectivity index (χ2v) is 6.76. The zero-order valence-corrected chi connectivity index (χ0v) is 13.6. The molecule has 2 unspecified atom stereocenters. The second-order valence-electron chi connectivity index (χ2n) is 6.76. The maximum atomic E-state index is 13.8. The molecule has 0 aliphatic carbocycles. The highest BCUT2D eigenvalue weighted by molar-refractivity contribution is 5.80. The SMILES string of the molecule is O=C(C1CCCc2ncnn21)N1CCC(Cc2ccccc2F)C1. The molecule has 0 bridgehead atoms. The number of aryl methyl sites for hydroxylation is 1. The Labute approximate surface area is 140 Å². The number of nitrogens with zero attached hydrogens (tertiary/aromatic N) is 4. The van der Waals surface area contributed by atoms with Crippen molar-refractivity contribution >= 4 is 5.91 Å². The smallest absolute Gasteiger partial charge is 0.247 e. The van der Waals surface area contributed by atoms with Crippen LogP contribution in [0.4, 0.5) is 4.39 Å². The molecule has 2 aliphatic heterocycles. The number of rotatable bonds is 3. The highest BCUT2D eigenvalue weighted by Gasteiger charge is 2.34. The summed E-state index contributed by atoms with van der Waals surface area (Å²) in [4.78, 5) is 19.0. The molecule has 24 heavy (non-hydrogen) atoms. The topological polar surface area (TPSA) is 51.0 Å². The van der Waals surface area contributed by atoms with Crippen LogP contribution in [0.3, 0.4) is 0 Å². The van der Waals surface area contributed by atoms with E-state index in [1.807, 2.05) is 17.0 Å². The number of aromatic nitrogens is 3. The van der Waals surface area contributed by atoms with E-state index in [1.54, 1.807) is 10.7 Å². The van der Waals surface area contributed by atoms with Crippen molar-refractivity contribution in [3.63, 3.8) is 0 Å². The van der Waals surface area contributed by atoms with Gasteiger partial charge in [-0.1, -0.05) is 18.2 Å². The molecule has 1 aromatic carbocycles. The van der Waals surface area contributed by atoms with Gasteiger partial charge in [0.15, 0.2) is 0 Å². The fourth-order valence-electron chi connectivity index (χ4n) is 3.90. The van der Waals surface area contributed by atoms with E-state index in [9.17, 15) is 9.18 Å². The van der Waals surface area contributed by atoms with Crippen LogP contribution in [0.5, 0.6) is 0 Å². The third kappa shape index (κ3) is 2.81. The first-order valence-electron chi connectivity index (χ1n) is 8.63. The minimum atomic E-state index is -0.219. The molecule has 0 saturated carbocycles. The highest BCUT2D eigenvalue weighted by atomic mass is 19.1. The normalized spacial score (nSPS) is 23.3. The predicted molar refractivity (Wildman–Crippen MR) is 86.8 cm³/mol. The van der Waals surface area contributed by atoms with Crippen LogP contribution in [0, 0.1) is 11.7 Å². The molecule has 2 aliphatic rings. The van der Waals surface area contributed by atoms with E-state index in [0.29, 0.717) is 18.9 Å². The average Bonchev–Trinajstić information content (AvgIpc) is 3.25. The Bertz CT molecular complexity index is 744. The monoisotopic (exact) mass is 328 g/mol. The third-order valence-corrected chi connectivity index (χ3v) is 5.17. The van der Waals surface area contributed by atoms with Crippen molar-refractivity contribution in [1.82, 2.24) is 19.7 Å². The Morgan fingerprint density at radius 2 is 2.17 bits per heavy atom. The quantitative estimate of drug-likeness (QED) is 0.869. The first kappa shape index (κ1) is 15.3. The van der Waals surface area contributed by atoms with Gasteiger partial charge in [-0.2, -0.15) is 5.10 Å². The van der Waals surface area contributed by atoms with Crippen LogP contribution >= 0.6 is 0 Å². The number of hydrogen-bond donors (Lipinski definition) is 0. The molecule has 0 spiro atoms. The lowest BCUT2D eigenvalue weighted by molar-refractivity contribution is -0.134. The molecule has 1 saturated heterocycles. The van der Waals surface area contributed by atoms with Crippen LogP contribution < -0.4 is 0 Å². The molecule has 6 heteroatoms. The van der Waals surface area contributed by atoms with Gasteiger partial charge in [-0.15, -0.1) is 0 Å². The molecule has 1 fully saturated rings. The zero-order chi connectivity index (χ0) is 16.5. The van der Waals surface area contributed by atoms with E-state index in [4.69, 9.17) is 0 Å². The Kier molecular flexibility index (Phi) is 4.04. The van der Waals surface area contributed by atoms with Gasteiger partial charge in [0, 0.05) is 19.5 Å². The summed E-state index contributed by atoms with van der Waals surface area (Å²) in [7, 11) is 0. The fraction of sp³-hybridized carbons (Fsp3) is 0.500. The van der Waals surface area contributed by atoms with E-state index in [2.05, 4.69) is 10.1 Å². The van der Waals surface area contributed by atoms with Crippen LogP contribution in [0.2, 0.25) is 0 Å². The number of carbonyl (C=O) groups is 1. The lowest BCUT2D eigenvalue weighted by Gasteiger charge is -2.27. The van der Waals surface area contributed by atoms with Gasteiger partial charge in [0.1, 0.15) is 24.0 Å². The van der Waals surface area contributed by atoms with Gasteiger partial charge in [-0.25, -0.2) is 14.1 Å². The maximum absolute atomic E-state index is 13.8. The van der Waals surface area contributed by atoms with Gasteiger partial charge in [-0.3, -0.25) is 4.79 Å². The molecule has 4 rings (SSSR count). The molecule has 2 aromatic rings.